The zero-order chi connectivity index (χ0) is 39.5. The third kappa shape index (κ3) is 5.56. The van der Waals surface area contributed by atoms with Gasteiger partial charge in [0, 0.05) is 33.0 Å². The highest BCUT2D eigenvalue weighted by Gasteiger charge is 2.36. The summed E-state index contributed by atoms with van der Waals surface area (Å²) in [6.07, 6.45) is 0. The van der Waals surface area contributed by atoms with Crippen molar-refractivity contribution in [3.63, 3.8) is 0 Å². The van der Waals surface area contributed by atoms with Crippen molar-refractivity contribution in [2.75, 3.05) is 4.90 Å². The van der Waals surface area contributed by atoms with E-state index < -0.39 is 0 Å². The molecule has 11 rings (SSSR count). The highest BCUT2D eigenvalue weighted by Crippen LogP contribution is 2.53. The van der Waals surface area contributed by atoms with Gasteiger partial charge < -0.3 is 9.47 Å². The van der Waals surface area contributed by atoms with Crippen LogP contribution in [0.2, 0.25) is 0 Å². The van der Waals surface area contributed by atoms with Gasteiger partial charge >= 0.3 is 0 Å². The van der Waals surface area contributed by atoms with Gasteiger partial charge in [0.25, 0.3) is 0 Å². The van der Waals surface area contributed by atoms with Gasteiger partial charge in [0.05, 0.1) is 28.1 Å². The molecule has 1 aliphatic rings. The molecule has 0 unspecified atom stereocenters. The summed E-state index contributed by atoms with van der Waals surface area (Å²) in [5.74, 6) is 0. The van der Waals surface area contributed by atoms with Gasteiger partial charge in [-0.3, -0.25) is 0 Å². The molecule has 0 bridgehead atoms. The van der Waals surface area contributed by atoms with Crippen LogP contribution in [0.4, 0.5) is 17.1 Å². The topological polar surface area (TPSA) is 8.17 Å². The maximum absolute atomic E-state index is 2.54. The number of rotatable bonds is 7. The molecule has 0 aliphatic heterocycles. The Hall–Kier alpha value is -7.42. The van der Waals surface area contributed by atoms with Crippen molar-refractivity contribution in [1.82, 2.24) is 4.57 Å². The standard InChI is InChI=1S/C57H42N2/c1-57(2)48-30-15-12-27-45(48)46-37-36-42(38-49(46)57)58(52-33-18-29-44(40-22-8-4-9-23-40)55(52)41-24-10-5-11-25-41)53-34-19-35-54-56(53)47-28-14-17-32-51(47)59(54)50-31-16-13-26-43(50)39-20-6-3-7-21-39/h3-38H,1-2H3. The van der Waals surface area contributed by atoms with Crippen LogP contribution in [0, 0.1) is 0 Å². The number of benzene rings is 9. The minimum atomic E-state index is -0.162. The van der Waals surface area contributed by atoms with Crippen LogP contribution in [0.15, 0.2) is 218 Å². The number of para-hydroxylation sites is 2. The summed E-state index contributed by atoms with van der Waals surface area (Å²) in [7, 11) is 0. The van der Waals surface area contributed by atoms with Crippen LogP contribution in [0.5, 0.6) is 0 Å². The van der Waals surface area contributed by atoms with E-state index >= 15 is 0 Å². The van der Waals surface area contributed by atoms with E-state index in [1.54, 1.807) is 0 Å². The number of aromatic nitrogens is 1. The molecule has 59 heavy (non-hydrogen) atoms. The summed E-state index contributed by atoms with van der Waals surface area (Å²) < 4.78 is 2.47. The van der Waals surface area contributed by atoms with Crippen LogP contribution < -0.4 is 4.90 Å². The Morgan fingerprint density at radius 2 is 0.932 bits per heavy atom. The van der Waals surface area contributed by atoms with Gasteiger partial charge in [0.1, 0.15) is 0 Å². The van der Waals surface area contributed by atoms with Crippen LogP contribution in [-0.2, 0) is 5.41 Å². The molecular weight excluding hydrogens is 713 g/mol. The molecule has 0 amide bonds. The fourth-order valence-corrected chi connectivity index (χ4v) is 9.71. The minimum absolute atomic E-state index is 0.162. The average Bonchev–Trinajstić information content (AvgIpc) is 3.76. The summed E-state index contributed by atoms with van der Waals surface area (Å²) in [4.78, 5) is 2.54. The van der Waals surface area contributed by atoms with Crippen molar-refractivity contribution in [3.05, 3.63) is 230 Å². The molecule has 0 saturated carbocycles. The third-order valence-corrected chi connectivity index (χ3v) is 12.4. The second-order valence-corrected chi connectivity index (χ2v) is 16.1. The highest BCUT2D eigenvalue weighted by molar-refractivity contribution is 6.17. The summed E-state index contributed by atoms with van der Waals surface area (Å²) in [6, 6.07) is 79.9. The zero-order valence-electron chi connectivity index (χ0n) is 33.2. The summed E-state index contributed by atoms with van der Waals surface area (Å²) in [5, 5.41) is 2.42. The molecule has 280 valence electrons. The summed E-state index contributed by atoms with van der Waals surface area (Å²) in [6.45, 7) is 4.74. The fourth-order valence-electron chi connectivity index (χ4n) is 9.71. The van der Waals surface area contributed by atoms with E-state index in [9.17, 15) is 0 Å². The van der Waals surface area contributed by atoms with Gasteiger partial charge in [-0.05, 0) is 87.0 Å². The molecule has 0 fully saturated rings. The van der Waals surface area contributed by atoms with E-state index in [-0.39, 0.29) is 5.41 Å². The minimum Gasteiger partial charge on any atom is -0.309 e. The Bertz CT molecular complexity index is 3170. The lowest BCUT2D eigenvalue weighted by Crippen LogP contribution is -2.17. The second kappa shape index (κ2) is 13.9. The van der Waals surface area contributed by atoms with Gasteiger partial charge in [-0.25, -0.2) is 0 Å². The van der Waals surface area contributed by atoms with Crippen LogP contribution in [0.1, 0.15) is 25.0 Å². The van der Waals surface area contributed by atoms with E-state index in [0.29, 0.717) is 0 Å². The molecule has 9 aromatic carbocycles. The third-order valence-electron chi connectivity index (χ3n) is 12.4. The Morgan fingerprint density at radius 1 is 0.390 bits per heavy atom. The molecule has 0 atom stereocenters. The molecule has 1 aromatic heterocycles. The number of hydrogen-bond donors (Lipinski definition) is 0. The maximum atomic E-state index is 2.54. The molecule has 2 heteroatoms. The molecule has 0 N–H and O–H groups in total. The first-order valence-corrected chi connectivity index (χ1v) is 20.5. The Labute approximate surface area is 345 Å². The van der Waals surface area contributed by atoms with Crippen molar-refractivity contribution in [3.8, 4) is 50.2 Å². The molecule has 0 radical (unpaired) electrons. The van der Waals surface area contributed by atoms with Gasteiger partial charge in [0.15, 0.2) is 0 Å². The molecule has 10 aromatic rings. The predicted octanol–water partition coefficient (Wildman–Crippen LogP) is 15.6. The van der Waals surface area contributed by atoms with Gasteiger partial charge in [-0.15, -0.1) is 0 Å². The number of fused-ring (bicyclic) bond motifs is 6. The van der Waals surface area contributed by atoms with E-state index in [1.807, 2.05) is 0 Å². The highest BCUT2D eigenvalue weighted by atomic mass is 15.2. The monoisotopic (exact) mass is 754 g/mol. The first-order valence-electron chi connectivity index (χ1n) is 20.5. The first kappa shape index (κ1) is 34.8. The van der Waals surface area contributed by atoms with Crippen LogP contribution in [-0.4, -0.2) is 4.57 Å². The van der Waals surface area contributed by atoms with E-state index in [1.165, 1.54) is 71.9 Å². The Kier molecular flexibility index (Phi) is 8.20. The van der Waals surface area contributed by atoms with E-state index in [2.05, 4.69) is 242 Å². The SMILES string of the molecule is CC1(C)c2ccccc2-c2ccc(N(c3cccc(-c4ccccc4)c3-c3ccccc3)c3cccc4c3c3ccccc3n4-c3ccccc3-c3ccccc3)cc21. The molecule has 1 aliphatic carbocycles. The molecule has 2 nitrogen and oxygen atoms in total. The van der Waals surface area contributed by atoms with E-state index in [0.717, 1.165) is 28.3 Å². The Morgan fingerprint density at radius 3 is 1.69 bits per heavy atom. The average molecular weight is 755 g/mol. The molecule has 0 spiro atoms. The lowest BCUT2D eigenvalue weighted by molar-refractivity contribution is 0.660. The zero-order valence-corrected chi connectivity index (χ0v) is 33.2. The van der Waals surface area contributed by atoms with Crippen LogP contribution >= 0.6 is 0 Å². The normalized spacial score (nSPS) is 12.7. The number of anilines is 3. The predicted molar refractivity (Wildman–Crippen MR) is 249 cm³/mol. The van der Waals surface area contributed by atoms with Crippen molar-refractivity contribution in [1.29, 1.82) is 0 Å². The first-order chi connectivity index (χ1) is 29.1. The van der Waals surface area contributed by atoms with E-state index in [4.69, 9.17) is 0 Å². The molecule has 0 saturated heterocycles. The lowest BCUT2D eigenvalue weighted by atomic mass is 9.82. The summed E-state index contributed by atoms with van der Waals surface area (Å²) in [5.41, 5.74) is 19.2. The Balaban J connectivity index is 1.24. The van der Waals surface area contributed by atoms with Gasteiger partial charge in [-0.2, -0.15) is 0 Å². The maximum Gasteiger partial charge on any atom is 0.0562 e. The number of nitrogens with zero attached hydrogens (tertiary/aromatic N) is 2. The fraction of sp³-hybridized carbons (Fsp3) is 0.0526. The van der Waals surface area contributed by atoms with Gasteiger partial charge in [-0.1, -0.05) is 190 Å². The largest absolute Gasteiger partial charge is 0.309 e. The quantitative estimate of drug-likeness (QED) is 0.157. The lowest BCUT2D eigenvalue weighted by Gasteiger charge is -2.31. The van der Waals surface area contributed by atoms with Crippen LogP contribution in [0.25, 0.3) is 72.0 Å². The van der Waals surface area contributed by atoms with Crippen molar-refractivity contribution < 1.29 is 0 Å². The molecular formula is C57H42N2. The van der Waals surface area contributed by atoms with Crippen LogP contribution in [0.3, 0.4) is 0 Å². The second-order valence-electron chi connectivity index (χ2n) is 16.1. The van der Waals surface area contributed by atoms with Crippen molar-refractivity contribution in [2.45, 2.75) is 19.3 Å². The van der Waals surface area contributed by atoms with Crippen molar-refractivity contribution >= 4 is 38.9 Å². The van der Waals surface area contributed by atoms with Gasteiger partial charge in [0.2, 0.25) is 0 Å². The molecule has 1 heterocycles. The smallest absolute Gasteiger partial charge is 0.0562 e. The van der Waals surface area contributed by atoms with Crippen molar-refractivity contribution in [2.24, 2.45) is 0 Å². The number of hydrogen-bond acceptors (Lipinski definition) is 1. The summed E-state index contributed by atoms with van der Waals surface area (Å²) >= 11 is 0.